The second kappa shape index (κ2) is 7.43. The van der Waals surface area contributed by atoms with E-state index in [9.17, 15) is 10.2 Å². The van der Waals surface area contributed by atoms with Crippen molar-refractivity contribution in [2.24, 2.45) is 5.92 Å². The number of phenolic OH excluding ortho intramolecular Hbond substituents is 1. The van der Waals surface area contributed by atoms with Crippen LogP contribution in [0.1, 0.15) is 50.6 Å². The van der Waals surface area contributed by atoms with Gasteiger partial charge in [-0.3, -0.25) is 0 Å². The van der Waals surface area contributed by atoms with Crippen molar-refractivity contribution in [3.63, 3.8) is 0 Å². The Hall–Kier alpha value is -0.580. The Morgan fingerprint density at radius 2 is 2.00 bits per heavy atom. The number of aromatic hydroxyl groups is 1. The van der Waals surface area contributed by atoms with E-state index in [2.05, 4.69) is 28.2 Å². The molecule has 1 saturated carbocycles. The van der Waals surface area contributed by atoms with Crippen LogP contribution in [0.4, 0.5) is 0 Å². The van der Waals surface area contributed by atoms with Gasteiger partial charge < -0.3 is 15.5 Å². The Morgan fingerprint density at radius 3 is 2.65 bits per heavy atom. The molecular weight excluding hydrogens is 318 g/mol. The number of phenols is 1. The Morgan fingerprint density at radius 1 is 1.30 bits per heavy atom. The minimum Gasteiger partial charge on any atom is -0.508 e. The van der Waals surface area contributed by atoms with Gasteiger partial charge in [0, 0.05) is 16.1 Å². The van der Waals surface area contributed by atoms with Crippen molar-refractivity contribution in [1.82, 2.24) is 5.32 Å². The van der Waals surface area contributed by atoms with Crippen LogP contribution in [0, 0.1) is 5.92 Å². The lowest BCUT2D eigenvalue weighted by atomic mass is 9.87. The van der Waals surface area contributed by atoms with E-state index < -0.39 is 0 Å². The van der Waals surface area contributed by atoms with Gasteiger partial charge in [0.15, 0.2) is 0 Å². The standard InChI is InChI=1S/C16H24BrNO2/c1-2-15(14-9-12(17)5-8-16(14)20)18-10-11-3-6-13(19)7-4-11/h5,8-9,11,13,15,18-20H,2-4,6-7,10H2,1H3. The number of rotatable bonds is 5. The molecule has 0 saturated heterocycles. The van der Waals surface area contributed by atoms with E-state index in [1.807, 2.05) is 12.1 Å². The molecule has 0 aliphatic heterocycles. The van der Waals surface area contributed by atoms with Crippen LogP contribution in [-0.4, -0.2) is 22.9 Å². The molecule has 1 fully saturated rings. The monoisotopic (exact) mass is 341 g/mol. The maximum Gasteiger partial charge on any atom is 0.120 e. The smallest absolute Gasteiger partial charge is 0.120 e. The Labute approximate surface area is 129 Å². The zero-order chi connectivity index (χ0) is 14.5. The highest BCUT2D eigenvalue weighted by Crippen LogP contribution is 2.30. The fourth-order valence-electron chi connectivity index (χ4n) is 2.94. The van der Waals surface area contributed by atoms with E-state index >= 15 is 0 Å². The Balaban J connectivity index is 1.93. The van der Waals surface area contributed by atoms with Crippen molar-refractivity contribution in [3.8, 4) is 5.75 Å². The summed E-state index contributed by atoms with van der Waals surface area (Å²) in [6.45, 7) is 3.08. The lowest BCUT2D eigenvalue weighted by molar-refractivity contribution is 0.107. The molecule has 1 aromatic carbocycles. The molecule has 0 heterocycles. The molecule has 0 amide bonds. The van der Waals surface area contributed by atoms with Crippen LogP contribution in [0.25, 0.3) is 0 Å². The Bertz CT molecular complexity index is 430. The largest absolute Gasteiger partial charge is 0.508 e. The minimum absolute atomic E-state index is 0.0951. The molecule has 4 heteroatoms. The van der Waals surface area contributed by atoms with Crippen molar-refractivity contribution >= 4 is 15.9 Å². The lowest BCUT2D eigenvalue weighted by Gasteiger charge is -2.28. The zero-order valence-electron chi connectivity index (χ0n) is 12.0. The van der Waals surface area contributed by atoms with Crippen LogP contribution >= 0.6 is 15.9 Å². The van der Waals surface area contributed by atoms with E-state index in [1.165, 1.54) is 0 Å². The maximum atomic E-state index is 10.0. The van der Waals surface area contributed by atoms with Crippen molar-refractivity contribution in [3.05, 3.63) is 28.2 Å². The van der Waals surface area contributed by atoms with E-state index in [-0.39, 0.29) is 12.1 Å². The van der Waals surface area contributed by atoms with Gasteiger partial charge in [-0.2, -0.15) is 0 Å². The van der Waals surface area contributed by atoms with Crippen molar-refractivity contribution < 1.29 is 10.2 Å². The van der Waals surface area contributed by atoms with Crippen molar-refractivity contribution in [2.45, 2.75) is 51.2 Å². The van der Waals surface area contributed by atoms with E-state index in [0.717, 1.165) is 48.7 Å². The minimum atomic E-state index is -0.0951. The zero-order valence-corrected chi connectivity index (χ0v) is 13.6. The third-order valence-electron chi connectivity index (χ3n) is 4.24. The van der Waals surface area contributed by atoms with Gasteiger partial charge in [0.25, 0.3) is 0 Å². The van der Waals surface area contributed by atoms with Gasteiger partial charge in [0.05, 0.1) is 6.10 Å². The molecule has 20 heavy (non-hydrogen) atoms. The second-order valence-electron chi connectivity index (χ2n) is 5.75. The van der Waals surface area contributed by atoms with Gasteiger partial charge in [-0.25, -0.2) is 0 Å². The maximum absolute atomic E-state index is 10.0. The molecule has 0 spiro atoms. The molecule has 1 aliphatic rings. The fourth-order valence-corrected chi connectivity index (χ4v) is 3.32. The summed E-state index contributed by atoms with van der Waals surface area (Å²) in [5.41, 5.74) is 0.956. The first kappa shape index (κ1) is 15.8. The topological polar surface area (TPSA) is 52.5 Å². The molecule has 0 bridgehead atoms. The molecular formula is C16H24BrNO2. The van der Waals surface area contributed by atoms with E-state index in [4.69, 9.17) is 0 Å². The van der Waals surface area contributed by atoms with Crippen LogP contribution in [0.5, 0.6) is 5.75 Å². The molecule has 0 radical (unpaired) electrons. The lowest BCUT2D eigenvalue weighted by Crippen LogP contribution is -2.30. The average Bonchev–Trinajstić information content (AvgIpc) is 2.45. The number of aliphatic hydroxyl groups excluding tert-OH is 1. The van der Waals surface area contributed by atoms with Gasteiger partial charge in [0.2, 0.25) is 0 Å². The summed E-state index contributed by atoms with van der Waals surface area (Å²) in [6.07, 6.45) is 4.88. The van der Waals surface area contributed by atoms with Crippen LogP contribution in [0.2, 0.25) is 0 Å². The number of benzene rings is 1. The number of halogens is 1. The number of aliphatic hydroxyl groups is 1. The number of hydrogen-bond donors (Lipinski definition) is 3. The first-order valence-corrected chi connectivity index (χ1v) is 8.29. The summed E-state index contributed by atoms with van der Waals surface area (Å²) < 4.78 is 0.992. The van der Waals surface area contributed by atoms with Crippen LogP contribution in [-0.2, 0) is 0 Å². The molecule has 0 aromatic heterocycles. The van der Waals surface area contributed by atoms with Crippen molar-refractivity contribution in [1.29, 1.82) is 0 Å². The summed E-state index contributed by atoms with van der Waals surface area (Å²) in [5.74, 6) is 0.994. The summed E-state index contributed by atoms with van der Waals surface area (Å²) in [6, 6.07) is 5.76. The summed E-state index contributed by atoms with van der Waals surface area (Å²) in [7, 11) is 0. The fraction of sp³-hybridized carbons (Fsp3) is 0.625. The molecule has 1 aromatic rings. The van der Waals surface area contributed by atoms with Gasteiger partial charge >= 0.3 is 0 Å². The predicted octanol–water partition coefficient (Wildman–Crippen LogP) is 3.75. The molecule has 112 valence electrons. The van der Waals surface area contributed by atoms with Crippen LogP contribution in [0.15, 0.2) is 22.7 Å². The normalized spacial score (nSPS) is 24.6. The molecule has 3 nitrogen and oxygen atoms in total. The first-order valence-electron chi connectivity index (χ1n) is 7.50. The molecule has 1 atom stereocenters. The first-order chi connectivity index (χ1) is 9.60. The van der Waals surface area contributed by atoms with Gasteiger partial charge in [-0.15, -0.1) is 0 Å². The predicted molar refractivity (Wildman–Crippen MR) is 84.8 cm³/mol. The highest BCUT2D eigenvalue weighted by Gasteiger charge is 2.21. The third kappa shape index (κ3) is 4.21. The van der Waals surface area contributed by atoms with Crippen molar-refractivity contribution in [2.75, 3.05) is 6.54 Å². The average molecular weight is 342 g/mol. The number of nitrogens with one attached hydrogen (secondary N) is 1. The highest BCUT2D eigenvalue weighted by atomic mass is 79.9. The summed E-state index contributed by atoms with van der Waals surface area (Å²) >= 11 is 3.46. The van der Waals surface area contributed by atoms with Gasteiger partial charge in [-0.05, 0) is 62.8 Å². The molecule has 2 rings (SSSR count). The number of hydrogen-bond acceptors (Lipinski definition) is 3. The SMILES string of the molecule is CCC(NCC1CCC(O)CC1)c1cc(Br)ccc1O. The van der Waals surface area contributed by atoms with Crippen LogP contribution in [0.3, 0.4) is 0 Å². The van der Waals surface area contributed by atoms with Gasteiger partial charge in [-0.1, -0.05) is 22.9 Å². The van der Waals surface area contributed by atoms with E-state index in [1.54, 1.807) is 6.07 Å². The highest BCUT2D eigenvalue weighted by molar-refractivity contribution is 9.10. The summed E-state index contributed by atoms with van der Waals surface area (Å²) in [4.78, 5) is 0. The van der Waals surface area contributed by atoms with E-state index in [0.29, 0.717) is 11.7 Å². The quantitative estimate of drug-likeness (QED) is 0.764. The van der Waals surface area contributed by atoms with Crippen LogP contribution < -0.4 is 5.32 Å². The summed E-state index contributed by atoms with van der Waals surface area (Å²) in [5, 5.41) is 23.1. The molecule has 3 N–H and O–H groups in total. The molecule has 1 unspecified atom stereocenters. The Kier molecular flexibility index (Phi) is 5.87. The third-order valence-corrected chi connectivity index (χ3v) is 4.74. The van der Waals surface area contributed by atoms with Gasteiger partial charge in [0.1, 0.15) is 5.75 Å². The second-order valence-corrected chi connectivity index (χ2v) is 6.66. The molecule has 1 aliphatic carbocycles.